The predicted molar refractivity (Wildman–Crippen MR) is 117 cm³/mol. The van der Waals surface area contributed by atoms with Crippen molar-refractivity contribution in [1.82, 2.24) is 29.7 Å². The molecule has 0 spiro atoms. The van der Waals surface area contributed by atoms with Gasteiger partial charge in [0.1, 0.15) is 11.4 Å². The summed E-state index contributed by atoms with van der Waals surface area (Å²) in [4.78, 5) is 38.7. The second kappa shape index (κ2) is 10.9. The number of carbonyl (C=O) groups excluding carboxylic acids is 1. The average molecular weight is 496 g/mol. The van der Waals surface area contributed by atoms with E-state index in [-0.39, 0.29) is 11.4 Å². The van der Waals surface area contributed by atoms with Crippen LogP contribution in [0.5, 0.6) is 5.88 Å². The highest BCUT2D eigenvalue weighted by atomic mass is 19.4. The van der Waals surface area contributed by atoms with Gasteiger partial charge in [-0.1, -0.05) is 0 Å². The molecule has 1 aliphatic heterocycles. The number of fused-ring (bicyclic) bond motifs is 1. The fourth-order valence-electron chi connectivity index (χ4n) is 3.17. The lowest BCUT2D eigenvalue weighted by atomic mass is 10.1. The van der Waals surface area contributed by atoms with Gasteiger partial charge in [-0.15, -0.1) is 0 Å². The Morgan fingerprint density at radius 1 is 1.17 bits per heavy atom. The Hall–Kier alpha value is -4.01. The number of hydrogen-bond donors (Lipinski definition) is 4. The van der Waals surface area contributed by atoms with Crippen LogP contribution in [-0.2, 0) is 4.79 Å². The molecule has 0 unspecified atom stereocenters. The summed E-state index contributed by atoms with van der Waals surface area (Å²) in [6, 6.07) is 0.306. The first-order valence-corrected chi connectivity index (χ1v) is 10.4. The molecule has 3 aromatic heterocycles. The van der Waals surface area contributed by atoms with Gasteiger partial charge in [0.25, 0.3) is 5.91 Å². The molecule has 0 aromatic carbocycles. The van der Waals surface area contributed by atoms with Gasteiger partial charge >= 0.3 is 12.1 Å². The number of ether oxygens (including phenoxy) is 1. The summed E-state index contributed by atoms with van der Waals surface area (Å²) >= 11 is 0. The van der Waals surface area contributed by atoms with Crippen LogP contribution in [0.15, 0.2) is 24.8 Å². The normalized spacial score (nSPS) is 14.1. The van der Waals surface area contributed by atoms with Gasteiger partial charge in [-0.05, 0) is 32.9 Å². The monoisotopic (exact) mass is 496 g/mol. The maximum atomic E-state index is 12.7. The Morgan fingerprint density at radius 2 is 1.86 bits per heavy atom. The molecule has 3 aromatic rings. The van der Waals surface area contributed by atoms with E-state index in [0.29, 0.717) is 23.5 Å². The van der Waals surface area contributed by atoms with Crippen LogP contribution in [0, 0.1) is 6.92 Å². The number of aromatic nitrogens is 5. The highest BCUT2D eigenvalue weighted by molar-refractivity contribution is 6.05. The molecule has 0 aliphatic carbocycles. The number of aliphatic carboxylic acids is 1. The van der Waals surface area contributed by atoms with Crippen molar-refractivity contribution in [2.45, 2.75) is 32.0 Å². The molecule has 0 bridgehead atoms. The number of carboxylic acid groups (broad SMARTS) is 1. The number of carboxylic acids is 1. The summed E-state index contributed by atoms with van der Waals surface area (Å²) in [5.41, 5.74) is 1.82. The van der Waals surface area contributed by atoms with Gasteiger partial charge in [0.2, 0.25) is 11.8 Å². The van der Waals surface area contributed by atoms with Crippen molar-refractivity contribution in [3.05, 3.63) is 36.0 Å². The number of halogens is 3. The zero-order chi connectivity index (χ0) is 25.6. The van der Waals surface area contributed by atoms with E-state index in [2.05, 4.69) is 35.9 Å². The van der Waals surface area contributed by atoms with E-state index < -0.39 is 18.1 Å². The van der Waals surface area contributed by atoms with E-state index in [4.69, 9.17) is 14.6 Å². The zero-order valence-electron chi connectivity index (χ0n) is 18.8. The van der Waals surface area contributed by atoms with E-state index in [0.717, 1.165) is 31.6 Å². The Kier molecular flexibility index (Phi) is 8.01. The summed E-state index contributed by atoms with van der Waals surface area (Å²) in [7, 11) is 1.48. The lowest BCUT2D eigenvalue weighted by Crippen LogP contribution is -2.35. The molecule has 4 N–H and O–H groups in total. The number of amides is 1. The van der Waals surface area contributed by atoms with E-state index in [9.17, 15) is 18.0 Å². The summed E-state index contributed by atoms with van der Waals surface area (Å²) in [5, 5.41) is 16.5. The van der Waals surface area contributed by atoms with Crippen LogP contribution in [0.2, 0.25) is 0 Å². The third-order valence-corrected chi connectivity index (χ3v) is 4.81. The molecular weight excluding hydrogens is 473 g/mol. The third kappa shape index (κ3) is 6.99. The summed E-state index contributed by atoms with van der Waals surface area (Å²) < 4.78 is 38.8. The number of nitrogens with one attached hydrogen (secondary N) is 3. The molecule has 1 aliphatic rings. The molecule has 1 fully saturated rings. The first-order valence-electron chi connectivity index (χ1n) is 10.4. The zero-order valence-corrected chi connectivity index (χ0v) is 18.8. The number of nitrogens with zero attached hydrogens (tertiary/aromatic N) is 5. The number of alkyl halides is 3. The Morgan fingerprint density at radius 3 is 2.49 bits per heavy atom. The molecule has 35 heavy (non-hydrogen) atoms. The lowest BCUT2D eigenvalue weighted by molar-refractivity contribution is -0.192. The maximum Gasteiger partial charge on any atom is 0.490 e. The van der Waals surface area contributed by atoms with Crippen molar-refractivity contribution in [3.8, 4) is 5.88 Å². The fourth-order valence-corrected chi connectivity index (χ4v) is 3.17. The van der Waals surface area contributed by atoms with E-state index in [1.165, 1.54) is 13.3 Å². The SMILES string of the molecule is COc1nc(NC2CCNCC2)ncc1C(=O)Nc1cn2cc(C)nc2cn1.O=C(O)C(F)(F)F. The van der Waals surface area contributed by atoms with Crippen LogP contribution in [0.25, 0.3) is 5.65 Å². The summed E-state index contributed by atoms with van der Waals surface area (Å²) in [5.74, 6) is -2.09. The molecule has 1 saturated heterocycles. The topological polar surface area (TPSA) is 156 Å². The van der Waals surface area contributed by atoms with E-state index >= 15 is 0 Å². The van der Waals surface area contributed by atoms with E-state index in [1.807, 2.05) is 13.1 Å². The standard InChI is InChI=1S/C18H22N8O2.C2HF3O2/c1-11-9-26-10-14(20-8-15(26)22-11)24-16(27)13-7-21-18(25-17(13)28-2)23-12-3-5-19-6-4-12;3-2(4,5)1(6)7/h7-10,12,19H,3-6H2,1-2H3,(H,24,27)(H,21,23,25);(H,6,7). The highest BCUT2D eigenvalue weighted by Gasteiger charge is 2.38. The summed E-state index contributed by atoms with van der Waals surface area (Å²) in [6.07, 6.45) is 3.53. The second-order valence-corrected chi connectivity index (χ2v) is 7.46. The molecule has 12 nitrogen and oxygen atoms in total. The van der Waals surface area contributed by atoms with Crippen LogP contribution in [0.4, 0.5) is 24.9 Å². The number of aryl methyl sites for hydroxylation is 1. The Labute approximate surface area is 197 Å². The second-order valence-electron chi connectivity index (χ2n) is 7.46. The van der Waals surface area contributed by atoms with Crippen LogP contribution in [-0.4, -0.2) is 73.7 Å². The first-order chi connectivity index (χ1) is 16.6. The third-order valence-electron chi connectivity index (χ3n) is 4.81. The van der Waals surface area contributed by atoms with Crippen LogP contribution >= 0.6 is 0 Å². The van der Waals surface area contributed by atoms with Crippen LogP contribution < -0.4 is 20.7 Å². The number of carbonyl (C=O) groups is 2. The van der Waals surface area contributed by atoms with Crippen molar-refractivity contribution >= 4 is 29.3 Å². The number of imidazole rings is 1. The van der Waals surface area contributed by atoms with Gasteiger partial charge in [-0.2, -0.15) is 18.2 Å². The van der Waals surface area contributed by atoms with Gasteiger partial charge < -0.3 is 30.2 Å². The van der Waals surface area contributed by atoms with Gasteiger partial charge in [0, 0.05) is 18.4 Å². The van der Waals surface area contributed by atoms with Gasteiger partial charge in [-0.3, -0.25) is 4.79 Å². The minimum absolute atomic E-state index is 0.212. The van der Waals surface area contributed by atoms with Crippen LogP contribution in [0.1, 0.15) is 28.9 Å². The van der Waals surface area contributed by atoms with Crippen molar-refractivity contribution in [1.29, 1.82) is 0 Å². The van der Waals surface area contributed by atoms with Gasteiger partial charge in [-0.25, -0.2) is 19.7 Å². The summed E-state index contributed by atoms with van der Waals surface area (Å²) in [6.45, 7) is 3.82. The first kappa shape index (κ1) is 25.6. The quantitative estimate of drug-likeness (QED) is 0.411. The number of methoxy groups -OCH3 is 1. The minimum atomic E-state index is -5.08. The lowest BCUT2D eigenvalue weighted by Gasteiger charge is -2.23. The molecule has 4 heterocycles. The van der Waals surface area contributed by atoms with Crippen LogP contribution in [0.3, 0.4) is 0 Å². The molecule has 0 saturated carbocycles. The molecule has 188 valence electrons. The van der Waals surface area contributed by atoms with E-state index in [1.54, 1.807) is 16.8 Å². The number of piperidine rings is 1. The molecule has 4 rings (SSSR count). The molecule has 1 amide bonds. The molecule has 15 heteroatoms. The minimum Gasteiger partial charge on any atom is -0.480 e. The van der Waals surface area contributed by atoms with Crippen molar-refractivity contribution < 1.29 is 32.6 Å². The van der Waals surface area contributed by atoms with Crippen molar-refractivity contribution in [2.24, 2.45) is 0 Å². The number of anilines is 2. The maximum absolute atomic E-state index is 12.7. The number of rotatable bonds is 5. The van der Waals surface area contributed by atoms with Crippen molar-refractivity contribution in [2.75, 3.05) is 30.8 Å². The number of hydrogen-bond acceptors (Lipinski definition) is 9. The Balaban J connectivity index is 0.000000429. The average Bonchev–Trinajstić information content (AvgIpc) is 3.18. The van der Waals surface area contributed by atoms with Gasteiger partial charge in [0.05, 0.1) is 25.2 Å². The highest BCUT2D eigenvalue weighted by Crippen LogP contribution is 2.19. The Bertz CT molecular complexity index is 1190. The molecule has 0 radical (unpaired) electrons. The van der Waals surface area contributed by atoms with Crippen molar-refractivity contribution in [3.63, 3.8) is 0 Å². The predicted octanol–water partition coefficient (Wildman–Crippen LogP) is 1.89. The molecule has 0 atom stereocenters. The smallest absolute Gasteiger partial charge is 0.480 e. The van der Waals surface area contributed by atoms with Gasteiger partial charge in [0.15, 0.2) is 5.65 Å². The molecular formula is C20H23F3N8O4. The largest absolute Gasteiger partial charge is 0.490 e. The fraction of sp³-hybridized carbons (Fsp3) is 0.400.